The molecule has 0 bridgehead atoms. The molecule has 1 saturated carbocycles. The van der Waals surface area contributed by atoms with Crippen molar-refractivity contribution >= 4 is 17.7 Å². The molecule has 0 unspecified atom stereocenters. The van der Waals surface area contributed by atoms with Gasteiger partial charge in [-0.2, -0.15) is 16.9 Å². The number of carbonyl (C=O) groups is 1. The average Bonchev–Trinajstić information content (AvgIpc) is 3.21. The molecular weight excluding hydrogens is 313 g/mol. The molecule has 2 aromatic rings. The molecule has 1 aromatic carbocycles. The molecule has 0 spiro atoms. The molecule has 1 fully saturated rings. The zero-order valence-corrected chi connectivity index (χ0v) is 13.9. The lowest BCUT2D eigenvalue weighted by Gasteiger charge is -2.11. The van der Waals surface area contributed by atoms with Crippen LogP contribution in [0.2, 0.25) is 0 Å². The van der Waals surface area contributed by atoms with Gasteiger partial charge in [0.25, 0.3) is 0 Å². The van der Waals surface area contributed by atoms with E-state index in [9.17, 15) is 9.18 Å². The molecule has 1 aliphatic rings. The summed E-state index contributed by atoms with van der Waals surface area (Å²) in [6.07, 6.45) is 6.21. The van der Waals surface area contributed by atoms with E-state index in [4.69, 9.17) is 0 Å². The summed E-state index contributed by atoms with van der Waals surface area (Å²) in [6, 6.07) is 6.05. The van der Waals surface area contributed by atoms with E-state index in [1.54, 1.807) is 34.8 Å². The van der Waals surface area contributed by atoms with E-state index in [0.29, 0.717) is 5.75 Å². The Morgan fingerprint density at radius 3 is 2.87 bits per heavy atom. The van der Waals surface area contributed by atoms with Gasteiger partial charge in [-0.25, -0.2) is 9.07 Å². The molecule has 0 aliphatic heterocycles. The van der Waals surface area contributed by atoms with Gasteiger partial charge < -0.3 is 5.32 Å². The van der Waals surface area contributed by atoms with E-state index in [1.807, 2.05) is 13.1 Å². The van der Waals surface area contributed by atoms with Crippen molar-refractivity contribution in [3.63, 3.8) is 0 Å². The Morgan fingerprint density at radius 2 is 2.17 bits per heavy atom. The molecule has 0 radical (unpaired) electrons. The van der Waals surface area contributed by atoms with Crippen molar-refractivity contribution in [1.29, 1.82) is 0 Å². The smallest absolute Gasteiger partial charge is 0.230 e. The van der Waals surface area contributed by atoms with Gasteiger partial charge in [0.15, 0.2) is 0 Å². The number of thioether (sulfide) groups is 1. The number of carbonyl (C=O) groups excluding carboxylic acids is 1. The minimum Gasteiger partial charge on any atom is -0.349 e. The molecule has 4 nitrogen and oxygen atoms in total. The maximum Gasteiger partial charge on any atom is 0.230 e. The zero-order valence-electron chi connectivity index (χ0n) is 13.0. The van der Waals surface area contributed by atoms with E-state index in [2.05, 4.69) is 10.4 Å². The van der Waals surface area contributed by atoms with Crippen LogP contribution in [-0.2, 0) is 4.79 Å². The van der Waals surface area contributed by atoms with Crippen molar-refractivity contribution in [2.45, 2.75) is 25.8 Å². The van der Waals surface area contributed by atoms with Gasteiger partial charge >= 0.3 is 0 Å². The number of nitrogens with one attached hydrogen (secondary N) is 1. The zero-order chi connectivity index (χ0) is 16.2. The summed E-state index contributed by atoms with van der Waals surface area (Å²) in [4.78, 5) is 11.9. The minimum absolute atomic E-state index is 0.0534. The monoisotopic (exact) mass is 333 g/mol. The summed E-state index contributed by atoms with van der Waals surface area (Å²) >= 11 is 1.70. The van der Waals surface area contributed by atoms with Crippen molar-refractivity contribution in [2.75, 3.05) is 11.5 Å². The van der Waals surface area contributed by atoms with Crippen LogP contribution in [0, 0.1) is 11.7 Å². The van der Waals surface area contributed by atoms with Crippen LogP contribution in [0.25, 0.3) is 5.69 Å². The van der Waals surface area contributed by atoms with Gasteiger partial charge in [-0.15, -0.1) is 0 Å². The van der Waals surface area contributed by atoms with Gasteiger partial charge in [0.1, 0.15) is 5.82 Å². The van der Waals surface area contributed by atoms with E-state index in [-0.39, 0.29) is 17.8 Å². The number of nitrogens with zero attached hydrogens (tertiary/aromatic N) is 2. The van der Waals surface area contributed by atoms with Crippen LogP contribution in [-0.4, -0.2) is 27.2 Å². The summed E-state index contributed by atoms with van der Waals surface area (Å²) in [5.41, 5.74) is 1.71. The summed E-state index contributed by atoms with van der Waals surface area (Å²) in [7, 11) is 0. The van der Waals surface area contributed by atoms with Gasteiger partial charge in [-0.05, 0) is 55.7 Å². The first-order chi connectivity index (χ1) is 11.1. The number of halogens is 1. The number of benzene rings is 1. The Balaban J connectivity index is 1.53. The molecular formula is C17H20FN3OS. The highest BCUT2D eigenvalue weighted by molar-refractivity contribution is 7.99. The highest BCUT2D eigenvalue weighted by atomic mass is 32.2. The minimum atomic E-state index is -0.273. The molecule has 6 heteroatoms. The van der Waals surface area contributed by atoms with Crippen molar-refractivity contribution in [1.82, 2.24) is 15.1 Å². The lowest BCUT2D eigenvalue weighted by molar-refractivity contribution is -0.119. The van der Waals surface area contributed by atoms with Crippen molar-refractivity contribution < 1.29 is 9.18 Å². The van der Waals surface area contributed by atoms with Crippen molar-refractivity contribution in [3.05, 3.63) is 48.0 Å². The van der Waals surface area contributed by atoms with E-state index in [0.717, 1.165) is 22.9 Å². The third-order valence-electron chi connectivity index (χ3n) is 3.85. The Bertz CT molecular complexity index is 667. The number of aromatic nitrogens is 2. The summed E-state index contributed by atoms with van der Waals surface area (Å²) in [5, 5.41) is 7.27. The quantitative estimate of drug-likeness (QED) is 0.845. The van der Waals surface area contributed by atoms with Gasteiger partial charge in [0, 0.05) is 11.8 Å². The third-order valence-corrected chi connectivity index (χ3v) is 5.03. The van der Waals surface area contributed by atoms with Crippen LogP contribution in [0.15, 0.2) is 36.7 Å². The molecule has 1 N–H and O–H groups in total. The molecule has 0 saturated heterocycles. The SMILES string of the molecule is C[C@@H](NC(=O)CSCC1CC1)c1cnn(-c2ccc(F)cc2)c1. The normalized spacial score (nSPS) is 15.4. The maximum absolute atomic E-state index is 13.0. The first-order valence-electron chi connectivity index (χ1n) is 7.79. The van der Waals surface area contributed by atoms with Crippen LogP contribution in [0.1, 0.15) is 31.4 Å². The number of hydrogen-bond acceptors (Lipinski definition) is 3. The van der Waals surface area contributed by atoms with Crippen LogP contribution in [0.4, 0.5) is 4.39 Å². The lowest BCUT2D eigenvalue weighted by atomic mass is 10.2. The fourth-order valence-corrected chi connectivity index (χ4v) is 3.32. The van der Waals surface area contributed by atoms with Crippen molar-refractivity contribution in [2.24, 2.45) is 5.92 Å². The maximum atomic E-state index is 13.0. The van der Waals surface area contributed by atoms with Gasteiger partial charge in [0.2, 0.25) is 5.91 Å². The first kappa shape index (κ1) is 16.1. The second-order valence-corrected chi connectivity index (χ2v) is 6.97. The van der Waals surface area contributed by atoms with E-state index in [1.165, 1.54) is 25.0 Å². The lowest BCUT2D eigenvalue weighted by Crippen LogP contribution is -2.28. The second-order valence-electron chi connectivity index (χ2n) is 5.94. The average molecular weight is 333 g/mol. The molecule has 1 atom stereocenters. The highest BCUT2D eigenvalue weighted by Crippen LogP contribution is 2.32. The topological polar surface area (TPSA) is 46.9 Å². The van der Waals surface area contributed by atoms with Gasteiger partial charge in [-0.1, -0.05) is 0 Å². The third kappa shape index (κ3) is 4.58. The molecule has 1 heterocycles. The molecule has 1 amide bonds. The van der Waals surface area contributed by atoms with Gasteiger partial charge in [0.05, 0.1) is 23.7 Å². The van der Waals surface area contributed by atoms with Crippen LogP contribution >= 0.6 is 11.8 Å². The van der Waals surface area contributed by atoms with Crippen LogP contribution in [0.3, 0.4) is 0 Å². The fourth-order valence-electron chi connectivity index (χ4n) is 2.26. The van der Waals surface area contributed by atoms with Crippen LogP contribution in [0.5, 0.6) is 0 Å². The molecule has 23 heavy (non-hydrogen) atoms. The number of rotatable bonds is 7. The summed E-state index contributed by atoms with van der Waals surface area (Å²) in [6.45, 7) is 1.94. The Morgan fingerprint density at radius 1 is 1.43 bits per heavy atom. The Labute approximate surface area is 139 Å². The number of hydrogen-bond donors (Lipinski definition) is 1. The van der Waals surface area contributed by atoms with E-state index >= 15 is 0 Å². The summed E-state index contributed by atoms with van der Waals surface area (Å²) in [5.74, 6) is 2.21. The van der Waals surface area contributed by atoms with Crippen LogP contribution < -0.4 is 5.32 Å². The molecule has 1 aromatic heterocycles. The molecule has 3 rings (SSSR count). The predicted molar refractivity (Wildman–Crippen MR) is 90.1 cm³/mol. The number of amides is 1. The van der Waals surface area contributed by atoms with E-state index < -0.39 is 0 Å². The first-order valence-corrected chi connectivity index (χ1v) is 8.95. The molecule has 1 aliphatic carbocycles. The second kappa shape index (κ2) is 7.17. The molecule has 122 valence electrons. The van der Waals surface area contributed by atoms with Crippen molar-refractivity contribution in [3.8, 4) is 5.69 Å². The van der Waals surface area contributed by atoms with Gasteiger partial charge in [-0.3, -0.25) is 4.79 Å². The standard InChI is InChI=1S/C17H20FN3OS/c1-12(20-17(22)11-23-10-13-2-3-13)14-8-19-21(9-14)16-6-4-15(18)5-7-16/h4-9,12-13H,2-3,10-11H2,1H3,(H,20,22)/t12-/m1/s1. The highest BCUT2D eigenvalue weighted by Gasteiger charge is 2.21. The predicted octanol–water partition coefficient (Wildman–Crippen LogP) is 3.33. The summed E-state index contributed by atoms with van der Waals surface area (Å²) < 4.78 is 14.6. The Hall–Kier alpha value is -1.82. The Kier molecular flexibility index (Phi) is 5.00. The largest absolute Gasteiger partial charge is 0.349 e. The fraction of sp³-hybridized carbons (Fsp3) is 0.412.